The Labute approximate surface area is 218 Å². The molecule has 208 valence electrons. The van der Waals surface area contributed by atoms with Crippen LogP contribution >= 0.6 is 11.1 Å². The van der Waals surface area contributed by atoms with E-state index in [1.807, 2.05) is 22.2 Å². The summed E-state index contributed by atoms with van der Waals surface area (Å²) in [4.78, 5) is 17.1. The van der Waals surface area contributed by atoms with Crippen molar-refractivity contribution in [3.63, 3.8) is 0 Å². The highest BCUT2D eigenvalue weighted by atomic mass is 32.2. The van der Waals surface area contributed by atoms with E-state index in [9.17, 15) is 30.9 Å². The highest BCUT2D eigenvalue weighted by Crippen LogP contribution is 2.41. The molecule has 3 aromatic heterocycles. The summed E-state index contributed by atoms with van der Waals surface area (Å²) in [5.74, 6) is 0.622. The van der Waals surface area contributed by atoms with Crippen molar-refractivity contribution in [1.29, 1.82) is 0 Å². The van der Waals surface area contributed by atoms with Gasteiger partial charge in [-0.1, -0.05) is 11.4 Å². The second-order valence-corrected chi connectivity index (χ2v) is 12.6. The lowest BCUT2D eigenvalue weighted by molar-refractivity contribution is -0.139. The first-order valence-electron chi connectivity index (χ1n) is 11.3. The van der Waals surface area contributed by atoms with Crippen LogP contribution < -0.4 is 13.8 Å². The molecule has 1 N–H and O–H groups in total. The Morgan fingerprint density at radius 2 is 2.00 bits per heavy atom. The minimum atomic E-state index is -4.44. The molecule has 0 saturated carbocycles. The van der Waals surface area contributed by atoms with Gasteiger partial charge in [-0.05, 0) is 37.0 Å². The van der Waals surface area contributed by atoms with Crippen LogP contribution in [-0.2, 0) is 10.0 Å². The zero-order chi connectivity index (χ0) is 27.8. The third-order valence-corrected chi connectivity index (χ3v) is 9.36. The minimum Gasteiger partial charge on any atom is -0.476 e. The van der Waals surface area contributed by atoms with Crippen LogP contribution in [-0.4, -0.2) is 70.4 Å². The summed E-state index contributed by atoms with van der Waals surface area (Å²) >= 11 is -0.742. The molecule has 2 atom stereocenters. The molecule has 38 heavy (non-hydrogen) atoms. The zero-order valence-corrected chi connectivity index (χ0v) is 22.2. The number of carbonyl (C=O) groups excluding carboxylic acids is 1. The van der Waals surface area contributed by atoms with Crippen molar-refractivity contribution in [1.82, 2.24) is 29.5 Å². The van der Waals surface area contributed by atoms with E-state index in [0.29, 0.717) is 18.7 Å². The van der Waals surface area contributed by atoms with Gasteiger partial charge in [0.05, 0.1) is 30.5 Å². The molecule has 11 nitrogen and oxygen atoms in total. The van der Waals surface area contributed by atoms with Gasteiger partial charge in [-0.3, -0.25) is 4.79 Å². The number of alkyl halides is 3. The summed E-state index contributed by atoms with van der Waals surface area (Å²) in [6.07, 6.45) is -1.40. The Balaban J connectivity index is 1.64. The smallest absolute Gasteiger partial charge is 0.392 e. The zero-order valence-electron chi connectivity index (χ0n) is 20.5. The van der Waals surface area contributed by atoms with E-state index in [1.54, 1.807) is 0 Å². The fourth-order valence-electron chi connectivity index (χ4n) is 3.92. The van der Waals surface area contributed by atoms with Gasteiger partial charge in [0.25, 0.3) is 15.9 Å². The van der Waals surface area contributed by atoms with E-state index >= 15 is 0 Å². The van der Waals surface area contributed by atoms with Crippen molar-refractivity contribution in [2.75, 3.05) is 29.5 Å². The molecule has 3 aromatic rings. The number of amides is 1. The molecule has 0 radical (unpaired) electrons. The number of anilines is 1. The Hall–Kier alpha value is -3.34. The average Bonchev–Trinajstić information content (AvgIpc) is 3.50. The van der Waals surface area contributed by atoms with Gasteiger partial charge in [-0.25, -0.2) is 22.8 Å². The van der Waals surface area contributed by atoms with Crippen molar-refractivity contribution >= 4 is 32.8 Å². The highest BCUT2D eigenvalue weighted by Gasteiger charge is 2.31. The fourth-order valence-corrected chi connectivity index (χ4v) is 7.29. The Kier molecular flexibility index (Phi) is 7.60. The summed E-state index contributed by atoms with van der Waals surface area (Å²) in [5.41, 5.74) is -0.154. The average molecular weight is 580 g/mol. The Morgan fingerprint density at radius 3 is 2.61 bits per heavy atom. The quantitative estimate of drug-likeness (QED) is 0.309. The molecule has 0 aromatic carbocycles. The predicted molar refractivity (Wildman–Crippen MR) is 132 cm³/mol. The van der Waals surface area contributed by atoms with Crippen LogP contribution in [0.15, 0.2) is 35.5 Å². The first-order valence-corrected chi connectivity index (χ1v) is 14.7. The number of pyridine rings is 1. The lowest BCUT2D eigenvalue weighted by Crippen LogP contribution is -2.32. The SMILES string of the molecule is Cc1nn(F)cc1S(=O)(=O)NC(=O)c1ccc(-n2ccc(OCCC(F)(F)F)n2)nc1N1C[C@@H](C)C[SH]1C. The van der Waals surface area contributed by atoms with Crippen molar-refractivity contribution in [2.45, 2.75) is 31.3 Å². The monoisotopic (exact) mass is 579 g/mol. The maximum Gasteiger partial charge on any atom is 0.392 e. The van der Waals surface area contributed by atoms with Crippen molar-refractivity contribution in [3.8, 4) is 11.7 Å². The molecule has 1 saturated heterocycles. The number of aromatic nitrogens is 5. The molecule has 1 aliphatic heterocycles. The van der Waals surface area contributed by atoms with E-state index in [-0.39, 0.29) is 33.7 Å². The highest BCUT2D eigenvalue weighted by molar-refractivity contribution is 8.17. The number of halogens is 4. The van der Waals surface area contributed by atoms with Crippen molar-refractivity contribution in [2.24, 2.45) is 5.92 Å². The van der Waals surface area contributed by atoms with Crippen LogP contribution in [0.25, 0.3) is 5.82 Å². The normalized spacial score (nSPS) is 19.1. The number of hydrogen-bond acceptors (Lipinski definition) is 8. The van der Waals surface area contributed by atoms with Gasteiger partial charge in [-0.2, -0.15) is 24.3 Å². The molecule has 1 aliphatic rings. The number of hydrogen-bond donors (Lipinski definition) is 2. The van der Waals surface area contributed by atoms with E-state index in [4.69, 9.17) is 4.74 Å². The number of thiol groups is 1. The summed E-state index contributed by atoms with van der Waals surface area (Å²) in [6.45, 7) is 3.31. The van der Waals surface area contributed by atoms with Gasteiger partial charge in [-0.15, -0.1) is 15.1 Å². The van der Waals surface area contributed by atoms with Crippen LogP contribution in [0.1, 0.15) is 29.4 Å². The molecule has 0 bridgehead atoms. The third kappa shape index (κ3) is 6.20. The van der Waals surface area contributed by atoms with E-state index < -0.39 is 51.1 Å². The predicted octanol–water partition coefficient (Wildman–Crippen LogP) is 2.96. The molecule has 4 heterocycles. The molecule has 0 aliphatic carbocycles. The summed E-state index contributed by atoms with van der Waals surface area (Å²) in [7, 11) is -4.44. The van der Waals surface area contributed by atoms with E-state index in [0.717, 1.165) is 5.75 Å². The van der Waals surface area contributed by atoms with Crippen LogP contribution in [0.3, 0.4) is 0 Å². The minimum absolute atomic E-state index is 0.0279. The molecule has 0 spiro atoms. The molecular weight excluding hydrogens is 554 g/mol. The van der Waals surface area contributed by atoms with Gasteiger partial charge in [0.2, 0.25) is 5.88 Å². The van der Waals surface area contributed by atoms with E-state index in [1.165, 1.54) is 36.0 Å². The number of rotatable bonds is 8. The first-order chi connectivity index (χ1) is 17.7. The Bertz CT molecular complexity index is 1440. The van der Waals surface area contributed by atoms with Crippen molar-refractivity contribution < 1.29 is 35.6 Å². The van der Waals surface area contributed by atoms with Crippen LogP contribution in [0.5, 0.6) is 5.88 Å². The molecule has 4 rings (SSSR count). The molecule has 1 fully saturated rings. The second kappa shape index (κ2) is 10.4. The lowest BCUT2D eigenvalue weighted by Gasteiger charge is -2.27. The summed E-state index contributed by atoms with van der Waals surface area (Å²) in [6, 6.07) is 4.18. The molecular formula is C21H25F4N7O4S2. The van der Waals surface area contributed by atoms with Crippen LogP contribution in [0.2, 0.25) is 0 Å². The Morgan fingerprint density at radius 1 is 1.26 bits per heavy atom. The van der Waals surface area contributed by atoms with Gasteiger partial charge in [0.15, 0.2) is 11.6 Å². The number of sulfonamides is 1. The fraction of sp³-hybridized carbons (Fsp3) is 0.429. The van der Waals surface area contributed by atoms with Gasteiger partial charge in [0.1, 0.15) is 4.90 Å². The molecule has 1 amide bonds. The number of nitrogens with one attached hydrogen (secondary N) is 1. The van der Waals surface area contributed by atoms with Gasteiger partial charge < -0.3 is 9.04 Å². The largest absolute Gasteiger partial charge is 0.476 e. The first kappa shape index (κ1) is 27.7. The number of aryl methyl sites for hydroxylation is 1. The van der Waals surface area contributed by atoms with Crippen LogP contribution in [0, 0.1) is 12.8 Å². The van der Waals surface area contributed by atoms with Crippen molar-refractivity contribution in [3.05, 3.63) is 41.9 Å². The number of carbonyl (C=O) groups is 1. The second-order valence-electron chi connectivity index (χ2n) is 8.78. The maximum absolute atomic E-state index is 13.4. The molecule has 17 heteroatoms. The summed E-state index contributed by atoms with van der Waals surface area (Å²) < 4.78 is 86.3. The lowest BCUT2D eigenvalue weighted by atomic mass is 10.2. The summed E-state index contributed by atoms with van der Waals surface area (Å²) in [5, 5.41) is 7.46. The third-order valence-electron chi connectivity index (χ3n) is 5.60. The maximum atomic E-state index is 13.4. The van der Waals surface area contributed by atoms with E-state index in [2.05, 4.69) is 15.2 Å². The number of nitrogens with zero attached hydrogens (tertiary/aromatic N) is 6. The van der Waals surface area contributed by atoms with Crippen LogP contribution in [0.4, 0.5) is 23.5 Å². The molecule has 1 unspecified atom stereocenters. The van der Waals surface area contributed by atoms with Gasteiger partial charge >= 0.3 is 6.18 Å². The standard InChI is InChI=1S/C21H25F4N7O4S2/c1-13-10-31(37(3)12-13)19-15(20(33)29-38(34,35)16-11-32(25)27-14(16)2)4-5-17(26-19)30-8-6-18(28-30)36-9-7-21(22,23)24/h4-6,8,11,13,37H,7,9-10,12H2,1-3H3,(H,29,33)/t13-/m1/s1. The van der Waals surface area contributed by atoms with Gasteiger partial charge in [0, 0.05) is 18.8 Å². The number of ether oxygens (including phenoxy) is 1. The topological polar surface area (TPSA) is 124 Å².